The van der Waals surface area contributed by atoms with Crippen LogP contribution in [0, 0.1) is 0 Å². The van der Waals surface area contributed by atoms with Gasteiger partial charge in [-0.05, 0) is 32.9 Å². The molecule has 0 spiro atoms. The predicted octanol–water partition coefficient (Wildman–Crippen LogP) is 4.08. The summed E-state index contributed by atoms with van der Waals surface area (Å²) in [6.45, 7) is 3.94. The van der Waals surface area contributed by atoms with E-state index in [0.717, 1.165) is 12.1 Å². The first kappa shape index (κ1) is 19.7. The topological polar surface area (TPSA) is 55.8 Å². The summed E-state index contributed by atoms with van der Waals surface area (Å²) in [6.07, 6.45) is -7.85. The molecule has 0 radical (unpaired) electrons. The van der Waals surface area contributed by atoms with Crippen LogP contribution in [0.25, 0.3) is 0 Å². The number of ether oxygens (including phenoxy) is 1. The van der Waals surface area contributed by atoms with Crippen molar-refractivity contribution in [3.05, 3.63) is 30.3 Å². The Balaban J connectivity index is 3.56. The molecule has 1 amide bonds. The minimum atomic E-state index is -6.00. The first-order valence-electron chi connectivity index (χ1n) is 6.51. The van der Waals surface area contributed by atoms with E-state index in [1.54, 1.807) is 0 Å². The Labute approximate surface area is 133 Å². The van der Waals surface area contributed by atoms with Gasteiger partial charge in [-0.2, -0.15) is 17.6 Å². The van der Waals surface area contributed by atoms with Crippen LogP contribution in [0.5, 0.6) is 0 Å². The summed E-state index contributed by atoms with van der Waals surface area (Å²) in [6, 6.07) is 5.57. The van der Waals surface area contributed by atoms with Gasteiger partial charge in [0.25, 0.3) is 0 Å². The molecule has 0 saturated heterocycles. The van der Waals surface area contributed by atoms with Gasteiger partial charge in [-0.3, -0.25) is 0 Å². The van der Waals surface area contributed by atoms with Gasteiger partial charge in [0.05, 0.1) is 5.69 Å². The summed E-state index contributed by atoms with van der Waals surface area (Å²) in [5, 5.41) is 0. The van der Waals surface area contributed by atoms with Crippen LogP contribution in [0.3, 0.4) is 0 Å². The summed E-state index contributed by atoms with van der Waals surface area (Å²) >= 11 is 0. The highest BCUT2D eigenvalue weighted by molar-refractivity contribution is 5.98. The average molecular weight is 355 g/mol. The summed E-state index contributed by atoms with van der Waals surface area (Å²) in [5.74, 6) is -8.07. The third kappa shape index (κ3) is 3.92. The van der Waals surface area contributed by atoms with Gasteiger partial charge in [0.15, 0.2) is 0 Å². The zero-order chi connectivity index (χ0) is 18.8. The van der Waals surface area contributed by atoms with E-state index >= 15 is 0 Å². The van der Waals surface area contributed by atoms with E-state index in [2.05, 4.69) is 4.94 Å². The van der Waals surface area contributed by atoms with Crippen LogP contribution < -0.4 is 4.90 Å². The van der Waals surface area contributed by atoms with Crippen LogP contribution in [-0.4, -0.2) is 29.6 Å². The monoisotopic (exact) mass is 355 g/mol. The number of amides is 1. The van der Waals surface area contributed by atoms with Crippen molar-refractivity contribution in [3.63, 3.8) is 0 Å². The number of carbonyl (C=O) groups excluding carboxylic acids is 2. The van der Waals surface area contributed by atoms with Crippen LogP contribution >= 0.6 is 0 Å². The minimum absolute atomic E-state index is 0.639. The van der Waals surface area contributed by atoms with Crippen molar-refractivity contribution in [1.82, 2.24) is 0 Å². The fourth-order valence-electron chi connectivity index (χ4n) is 1.68. The number of carbonyl (C=O) groups is 2. The molecule has 24 heavy (non-hydrogen) atoms. The van der Waals surface area contributed by atoms with Crippen LogP contribution in [-0.2, 0) is 14.5 Å². The molecule has 134 valence electrons. The first-order chi connectivity index (χ1) is 10.8. The molecule has 0 heterocycles. The molecule has 0 fully saturated rings. The Morgan fingerprint density at radius 2 is 1.50 bits per heavy atom. The van der Waals surface area contributed by atoms with Crippen LogP contribution in [0.2, 0.25) is 0 Å². The van der Waals surface area contributed by atoms with E-state index in [4.69, 9.17) is 4.74 Å². The molecule has 1 rings (SSSR count). The number of hydrogen-bond acceptors (Lipinski definition) is 4. The quantitative estimate of drug-likeness (QED) is 0.606. The number of rotatable bonds is 3. The van der Waals surface area contributed by atoms with Gasteiger partial charge >= 0.3 is 24.0 Å². The molecule has 0 aliphatic rings. The first-order valence-corrected chi connectivity index (χ1v) is 6.51. The molecule has 0 aromatic heterocycles. The smallest absolute Gasteiger partial charge is 0.443 e. The maximum Gasteiger partial charge on any atom is 0.454 e. The van der Waals surface area contributed by atoms with E-state index in [-0.39, 0.29) is 0 Å². The zero-order valence-corrected chi connectivity index (χ0v) is 12.9. The normalized spacial score (nSPS) is 14.5. The highest BCUT2D eigenvalue weighted by Gasteiger charge is 2.70. The molecule has 0 aliphatic carbocycles. The van der Waals surface area contributed by atoms with Crippen LogP contribution in [0.4, 0.5) is 32.6 Å². The third-order valence-corrected chi connectivity index (χ3v) is 2.61. The number of alkyl halides is 4. The van der Waals surface area contributed by atoms with Crippen LogP contribution in [0.1, 0.15) is 20.8 Å². The van der Waals surface area contributed by atoms with Gasteiger partial charge < -0.3 is 4.74 Å². The van der Waals surface area contributed by atoms with Gasteiger partial charge in [-0.25, -0.2) is 19.4 Å². The number of nitrogens with zero attached hydrogens (tertiary/aromatic N) is 1. The fourth-order valence-corrected chi connectivity index (χ4v) is 1.68. The molecule has 0 unspecified atom stereocenters. The molecule has 1 atom stereocenters. The van der Waals surface area contributed by atoms with E-state index < -0.39 is 40.2 Å². The SMILES string of the molecule is CC(C)(C)OC(=O)N(c1ccccc1)[C@@](F)(C(=O)OF)C(F)(F)F. The number of hydrogen-bond donors (Lipinski definition) is 0. The average Bonchev–Trinajstić information content (AvgIpc) is 2.44. The lowest BCUT2D eigenvalue weighted by molar-refractivity contribution is -0.256. The second-order valence-corrected chi connectivity index (χ2v) is 5.64. The maximum absolute atomic E-state index is 14.7. The molecule has 1 aromatic rings. The van der Waals surface area contributed by atoms with E-state index in [1.807, 2.05) is 0 Å². The van der Waals surface area contributed by atoms with E-state index in [0.29, 0.717) is 0 Å². The number of anilines is 1. The number of para-hydroxylation sites is 1. The van der Waals surface area contributed by atoms with Crippen molar-refractivity contribution in [2.75, 3.05) is 4.90 Å². The fraction of sp³-hybridized carbons (Fsp3) is 0.429. The van der Waals surface area contributed by atoms with Gasteiger partial charge in [0.1, 0.15) is 5.60 Å². The highest BCUT2D eigenvalue weighted by atomic mass is 19.4. The van der Waals surface area contributed by atoms with Gasteiger partial charge in [-0.1, -0.05) is 18.2 Å². The molecule has 5 nitrogen and oxygen atoms in total. The molecule has 0 bridgehead atoms. The molecule has 10 heteroatoms. The van der Waals surface area contributed by atoms with Crippen LogP contribution in [0.15, 0.2) is 30.3 Å². The number of halogens is 5. The van der Waals surface area contributed by atoms with Crippen molar-refractivity contribution < 1.29 is 41.4 Å². The second-order valence-electron chi connectivity index (χ2n) is 5.64. The lowest BCUT2D eigenvalue weighted by atomic mass is 10.1. The minimum Gasteiger partial charge on any atom is -0.443 e. The molecule has 0 saturated carbocycles. The Hall–Kier alpha value is -2.39. The van der Waals surface area contributed by atoms with Crippen molar-refractivity contribution in [1.29, 1.82) is 0 Å². The third-order valence-electron chi connectivity index (χ3n) is 2.61. The zero-order valence-electron chi connectivity index (χ0n) is 12.9. The summed E-state index contributed by atoms with van der Waals surface area (Å²) in [7, 11) is 0. The lowest BCUT2D eigenvalue weighted by Gasteiger charge is -2.36. The van der Waals surface area contributed by atoms with Crippen molar-refractivity contribution in [2.45, 2.75) is 38.3 Å². The van der Waals surface area contributed by atoms with E-state index in [1.165, 1.54) is 39.0 Å². The maximum atomic E-state index is 14.7. The summed E-state index contributed by atoms with van der Waals surface area (Å²) in [5.41, 5.74) is -1.99. The Morgan fingerprint density at radius 3 is 1.88 bits per heavy atom. The Kier molecular flexibility index (Phi) is 5.42. The molecule has 1 aromatic carbocycles. The largest absolute Gasteiger partial charge is 0.454 e. The molecule has 0 N–H and O–H groups in total. The number of benzene rings is 1. The Bertz CT molecular complexity index is 599. The molecular weight excluding hydrogens is 341 g/mol. The highest BCUT2D eigenvalue weighted by Crippen LogP contribution is 2.41. The lowest BCUT2D eigenvalue weighted by Crippen LogP contribution is -2.64. The molecule has 0 aliphatic heterocycles. The molecular formula is C14H14F5NO4. The second kappa shape index (κ2) is 6.62. The summed E-state index contributed by atoms with van der Waals surface area (Å²) < 4.78 is 71.0. The Morgan fingerprint density at radius 1 is 1.00 bits per heavy atom. The van der Waals surface area contributed by atoms with Gasteiger partial charge in [0, 0.05) is 4.53 Å². The standard InChI is InChI=1S/C14H14F5NO4/c1-12(2,3)23-11(22)20(9-7-5-4-6-8-9)13(15,10(21)24-19)14(16,17)18/h4-8H,1-3H3/t13-/m0/s1. The summed E-state index contributed by atoms with van der Waals surface area (Å²) in [4.78, 5) is 25.1. The van der Waals surface area contributed by atoms with Crippen molar-refractivity contribution in [3.8, 4) is 0 Å². The van der Waals surface area contributed by atoms with Gasteiger partial charge in [0.2, 0.25) is 0 Å². The van der Waals surface area contributed by atoms with Crippen molar-refractivity contribution >= 4 is 17.7 Å². The van der Waals surface area contributed by atoms with E-state index in [9.17, 15) is 31.7 Å². The van der Waals surface area contributed by atoms with Crippen molar-refractivity contribution in [2.24, 2.45) is 0 Å². The van der Waals surface area contributed by atoms with Gasteiger partial charge in [-0.15, -0.1) is 0 Å². The predicted molar refractivity (Wildman–Crippen MR) is 72.2 cm³/mol.